The lowest BCUT2D eigenvalue weighted by molar-refractivity contribution is 0.269. The van der Waals surface area contributed by atoms with Gasteiger partial charge in [0.05, 0.1) is 19.2 Å². The highest BCUT2D eigenvalue weighted by atomic mass is 35.5. The molecule has 0 saturated carbocycles. The van der Waals surface area contributed by atoms with Crippen LogP contribution in [0.4, 0.5) is 11.4 Å². The minimum atomic E-state index is 0. The van der Waals surface area contributed by atoms with Crippen molar-refractivity contribution in [2.45, 2.75) is 26.2 Å². The van der Waals surface area contributed by atoms with Gasteiger partial charge in [-0.1, -0.05) is 32.9 Å². The summed E-state index contributed by atoms with van der Waals surface area (Å²) in [4.78, 5) is 4.49. The second kappa shape index (κ2) is 13.3. The van der Waals surface area contributed by atoms with Crippen LogP contribution in [0, 0.1) is 0 Å². The molecule has 8 heteroatoms. The van der Waals surface area contributed by atoms with E-state index in [0.717, 1.165) is 28.0 Å². The Hall–Kier alpha value is -3.52. The molecule has 4 rings (SSSR count). The number of hydrogen-bond donors (Lipinski definition) is 3. The highest BCUT2D eigenvalue weighted by molar-refractivity contribution is 5.88. The molecule has 0 fully saturated rings. The highest BCUT2D eigenvalue weighted by Crippen LogP contribution is 2.37. The molecule has 0 aliphatic rings. The van der Waals surface area contributed by atoms with E-state index in [1.807, 2.05) is 42.5 Å². The summed E-state index contributed by atoms with van der Waals surface area (Å²) in [5.74, 6) is 2.61. The van der Waals surface area contributed by atoms with Crippen LogP contribution in [0.3, 0.4) is 0 Å². The Morgan fingerprint density at radius 3 is 2.16 bits per heavy atom. The van der Waals surface area contributed by atoms with E-state index in [4.69, 9.17) is 19.3 Å². The minimum Gasteiger partial charge on any atom is -0.493 e. The molecule has 0 spiro atoms. The van der Waals surface area contributed by atoms with Crippen LogP contribution in [-0.4, -0.2) is 43.5 Å². The fourth-order valence-corrected chi connectivity index (χ4v) is 3.88. The molecule has 0 radical (unpaired) electrons. The number of halogens is 1. The second-order valence-electron chi connectivity index (χ2n) is 9.73. The molecule has 38 heavy (non-hydrogen) atoms. The van der Waals surface area contributed by atoms with Gasteiger partial charge < -0.3 is 30.0 Å². The van der Waals surface area contributed by atoms with Crippen molar-refractivity contribution in [3.05, 3.63) is 78.5 Å². The molecule has 1 aromatic heterocycles. The SMILES string of the molecule is COc1cc2c(Oc3ccc(Nc4ccc(C(C)(C)C)cc4)cc3)ccnc2cc1OCCNCCO.Cl. The van der Waals surface area contributed by atoms with Crippen LogP contribution in [0.1, 0.15) is 26.3 Å². The first-order valence-electron chi connectivity index (χ1n) is 12.4. The number of rotatable bonds is 11. The fourth-order valence-electron chi connectivity index (χ4n) is 3.88. The van der Waals surface area contributed by atoms with Crippen molar-refractivity contribution in [2.24, 2.45) is 0 Å². The number of ether oxygens (including phenoxy) is 3. The zero-order valence-electron chi connectivity index (χ0n) is 22.3. The van der Waals surface area contributed by atoms with E-state index < -0.39 is 0 Å². The molecule has 0 saturated heterocycles. The van der Waals surface area contributed by atoms with Gasteiger partial charge in [-0.2, -0.15) is 0 Å². The van der Waals surface area contributed by atoms with Crippen molar-refractivity contribution >= 4 is 34.7 Å². The third-order valence-corrected chi connectivity index (χ3v) is 5.93. The van der Waals surface area contributed by atoms with Crippen molar-refractivity contribution in [1.29, 1.82) is 0 Å². The van der Waals surface area contributed by atoms with Gasteiger partial charge in [0.1, 0.15) is 18.1 Å². The third kappa shape index (κ3) is 7.51. The van der Waals surface area contributed by atoms with E-state index >= 15 is 0 Å². The summed E-state index contributed by atoms with van der Waals surface area (Å²) in [6.45, 7) is 8.32. The van der Waals surface area contributed by atoms with Crippen LogP contribution in [0.2, 0.25) is 0 Å². The van der Waals surface area contributed by atoms with E-state index in [1.54, 1.807) is 13.3 Å². The number of nitrogens with one attached hydrogen (secondary N) is 2. The molecule has 0 aliphatic carbocycles. The molecule has 3 aromatic carbocycles. The van der Waals surface area contributed by atoms with Crippen molar-refractivity contribution in [3.8, 4) is 23.0 Å². The normalized spacial score (nSPS) is 11.1. The number of methoxy groups -OCH3 is 1. The van der Waals surface area contributed by atoms with Gasteiger partial charge in [0, 0.05) is 42.1 Å². The van der Waals surface area contributed by atoms with E-state index in [0.29, 0.717) is 36.9 Å². The maximum absolute atomic E-state index is 8.87. The Morgan fingerprint density at radius 2 is 1.53 bits per heavy atom. The molecule has 0 amide bonds. The quantitative estimate of drug-likeness (QED) is 0.189. The predicted molar refractivity (Wildman–Crippen MR) is 156 cm³/mol. The van der Waals surface area contributed by atoms with Crippen LogP contribution >= 0.6 is 12.4 Å². The standard InChI is InChI=1S/C30H35N3O4.ClH/c1-30(2,3)21-5-7-22(8-6-21)33-23-9-11-24(12-10-23)37-27-13-14-32-26-20-29(28(35-4)19-25(26)27)36-18-16-31-15-17-34;/h5-14,19-20,31,33-34H,15-18H2,1-4H3;1H. The minimum absolute atomic E-state index is 0. The van der Waals surface area contributed by atoms with Gasteiger partial charge in [-0.05, 0) is 59.5 Å². The van der Waals surface area contributed by atoms with Crippen molar-refractivity contribution in [2.75, 3.05) is 38.7 Å². The number of pyridine rings is 1. The Labute approximate surface area is 230 Å². The first-order chi connectivity index (χ1) is 17.9. The molecule has 3 N–H and O–H groups in total. The number of aliphatic hydroxyl groups is 1. The van der Waals surface area contributed by atoms with Crippen molar-refractivity contribution < 1.29 is 19.3 Å². The number of benzene rings is 3. The summed E-state index contributed by atoms with van der Waals surface area (Å²) < 4.78 is 17.6. The third-order valence-electron chi connectivity index (χ3n) is 5.93. The maximum atomic E-state index is 8.87. The Morgan fingerprint density at radius 1 is 0.842 bits per heavy atom. The molecule has 0 atom stereocenters. The van der Waals surface area contributed by atoms with Crippen molar-refractivity contribution in [1.82, 2.24) is 10.3 Å². The molecule has 0 unspecified atom stereocenters. The van der Waals surface area contributed by atoms with E-state index in [1.165, 1.54) is 5.56 Å². The maximum Gasteiger partial charge on any atom is 0.163 e. The zero-order valence-corrected chi connectivity index (χ0v) is 23.1. The number of fused-ring (bicyclic) bond motifs is 1. The van der Waals surface area contributed by atoms with Crippen LogP contribution in [-0.2, 0) is 5.41 Å². The number of nitrogens with zero attached hydrogens (tertiary/aromatic N) is 1. The molecular weight excluding hydrogens is 502 g/mol. The smallest absolute Gasteiger partial charge is 0.163 e. The fraction of sp³-hybridized carbons (Fsp3) is 0.300. The largest absolute Gasteiger partial charge is 0.493 e. The topological polar surface area (TPSA) is 84.9 Å². The lowest BCUT2D eigenvalue weighted by atomic mass is 9.87. The van der Waals surface area contributed by atoms with Crippen LogP contribution < -0.4 is 24.8 Å². The first-order valence-corrected chi connectivity index (χ1v) is 12.4. The lowest BCUT2D eigenvalue weighted by Crippen LogP contribution is -2.24. The van der Waals surface area contributed by atoms with Gasteiger partial charge in [0.2, 0.25) is 0 Å². The first kappa shape index (κ1) is 29.0. The van der Waals surface area contributed by atoms with Gasteiger partial charge in [-0.3, -0.25) is 4.98 Å². The summed E-state index contributed by atoms with van der Waals surface area (Å²) in [6, 6.07) is 22.0. The monoisotopic (exact) mass is 537 g/mol. The molecule has 0 bridgehead atoms. The number of aromatic nitrogens is 1. The van der Waals surface area contributed by atoms with E-state index in [-0.39, 0.29) is 24.4 Å². The Kier molecular flexibility index (Phi) is 10.2. The Balaban J connectivity index is 0.00000400. The molecular formula is C30H36ClN3O4. The average molecular weight is 538 g/mol. The lowest BCUT2D eigenvalue weighted by Gasteiger charge is -2.19. The van der Waals surface area contributed by atoms with Gasteiger partial charge in [0.15, 0.2) is 11.5 Å². The van der Waals surface area contributed by atoms with Crippen molar-refractivity contribution in [3.63, 3.8) is 0 Å². The Bertz CT molecular complexity index is 1310. The molecule has 7 nitrogen and oxygen atoms in total. The van der Waals surface area contributed by atoms with E-state index in [2.05, 4.69) is 60.7 Å². The van der Waals surface area contributed by atoms with Gasteiger partial charge in [-0.25, -0.2) is 0 Å². The second-order valence-corrected chi connectivity index (χ2v) is 9.73. The summed E-state index contributed by atoms with van der Waals surface area (Å²) in [6.07, 6.45) is 1.72. The predicted octanol–water partition coefficient (Wildman–Crippen LogP) is 6.46. The van der Waals surface area contributed by atoms with Crippen LogP contribution in [0.5, 0.6) is 23.0 Å². The van der Waals surface area contributed by atoms with Gasteiger partial charge in [0.25, 0.3) is 0 Å². The number of hydrogen-bond acceptors (Lipinski definition) is 7. The molecule has 0 aliphatic heterocycles. The van der Waals surface area contributed by atoms with Crippen LogP contribution in [0.25, 0.3) is 10.9 Å². The van der Waals surface area contributed by atoms with Gasteiger partial charge >= 0.3 is 0 Å². The molecule has 202 valence electrons. The van der Waals surface area contributed by atoms with E-state index in [9.17, 15) is 0 Å². The van der Waals surface area contributed by atoms with Gasteiger partial charge in [-0.15, -0.1) is 12.4 Å². The summed E-state index contributed by atoms with van der Waals surface area (Å²) in [5, 5.41) is 16.2. The molecule has 1 heterocycles. The van der Waals surface area contributed by atoms with Crippen LogP contribution in [0.15, 0.2) is 72.9 Å². The summed E-state index contributed by atoms with van der Waals surface area (Å²) >= 11 is 0. The zero-order chi connectivity index (χ0) is 26.3. The number of anilines is 2. The molecule has 4 aromatic rings. The number of aliphatic hydroxyl groups excluding tert-OH is 1. The summed E-state index contributed by atoms with van der Waals surface area (Å²) in [7, 11) is 1.61. The summed E-state index contributed by atoms with van der Waals surface area (Å²) in [5.41, 5.74) is 4.19. The highest BCUT2D eigenvalue weighted by Gasteiger charge is 2.14. The average Bonchev–Trinajstić information content (AvgIpc) is 2.89.